The average molecular weight is 434 g/mol. The molecule has 0 unspecified atom stereocenters. The van der Waals surface area contributed by atoms with Gasteiger partial charge in [-0.15, -0.1) is 0 Å². The van der Waals surface area contributed by atoms with Crippen LogP contribution in [0.5, 0.6) is 0 Å². The number of rotatable bonds is 8. The molecule has 1 aliphatic rings. The molecular formula is C26H31N3O3. The summed E-state index contributed by atoms with van der Waals surface area (Å²) in [7, 11) is 1.65. The molecule has 168 valence electrons. The maximum Gasteiger partial charge on any atom is 0.254 e. The molecule has 0 aliphatic carbocycles. The van der Waals surface area contributed by atoms with Crippen molar-refractivity contribution in [3.05, 3.63) is 71.8 Å². The summed E-state index contributed by atoms with van der Waals surface area (Å²) in [5, 5.41) is 4.48. The van der Waals surface area contributed by atoms with E-state index in [1.807, 2.05) is 65.6 Å². The number of methoxy groups -OCH3 is 1. The highest BCUT2D eigenvalue weighted by Gasteiger charge is 2.29. The second kappa shape index (κ2) is 10.5. The van der Waals surface area contributed by atoms with Gasteiger partial charge in [0.2, 0.25) is 5.88 Å². The molecule has 1 aromatic heterocycles. The summed E-state index contributed by atoms with van der Waals surface area (Å²) < 4.78 is 11.3. The van der Waals surface area contributed by atoms with E-state index in [1.165, 1.54) is 6.42 Å². The van der Waals surface area contributed by atoms with Gasteiger partial charge in [-0.1, -0.05) is 53.7 Å². The molecule has 0 N–H and O–H groups in total. The van der Waals surface area contributed by atoms with Crippen molar-refractivity contribution in [3.63, 3.8) is 0 Å². The third-order valence-corrected chi connectivity index (χ3v) is 6.10. The van der Waals surface area contributed by atoms with Gasteiger partial charge in [-0.2, -0.15) is 0 Å². The van der Waals surface area contributed by atoms with Crippen molar-refractivity contribution in [2.24, 2.45) is 0 Å². The zero-order valence-electron chi connectivity index (χ0n) is 18.9. The quantitative estimate of drug-likeness (QED) is 0.500. The van der Waals surface area contributed by atoms with Crippen LogP contribution in [-0.4, -0.2) is 48.8 Å². The fourth-order valence-electron chi connectivity index (χ4n) is 4.30. The van der Waals surface area contributed by atoms with E-state index >= 15 is 0 Å². The lowest BCUT2D eigenvalue weighted by molar-refractivity contribution is 0.0680. The van der Waals surface area contributed by atoms with Gasteiger partial charge < -0.3 is 19.1 Å². The number of amides is 1. The first-order valence-electron chi connectivity index (χ1n) is 11.3. The molecule has 4 rings (SSSR count). The minimum atomic E-state index is -0.0273. The van der Waals surface area contributed by atoms with Crippen LogP contribution in [0.4, 0.5) is 5.88 Å². The number of carbonyl (C=O) groups is 1. The van der Waals surface area contributed by atoms with Crippen LogP contribution in [-0.2, 0) is 11.3 Å². The SMILES string of the molecule is COCCN(Cc1c(-c2ccccc2)noc1N1CCCC[C@@H]1C)C(=O)c1ccccc1. The minimum Gasteiger partial charge on any atom is -0.383 e. The van der Waals surface area contributed by atoms with Crippen LogP contribution < -0.4 is 4.90 Å². The van der Waals surface area contributed by atoms with Gasteiger partial charge in [-0.3, -0.25) is 4.79 Å². The summed E-state index contributed by atoms with van der Waals surface area (Å²) in [4.78, 5) is 17.5. The molecule has 3 aromatic rings. The van der Waals surface area contributed by atoms with E-state index in [0.29, 0.717) is 31.3 Å². The van der Waals surface area contributed by atoms with Crippen molar-refractivity contribution in [1.82, 2.24) is 10.1 Å². The summed E-state index contributed by atoms with van der Waals surface area (Å²) in [6, 6.07) is 19.8. The number of hydrogen-bond donors (Lipinski definition) is 0. The highest BCUT2D eigenvalue weighted by Crippen LogP contribution is 2.35. The molecule has 6 heteroatoms. The fraction of sp³-hybridized carbons (Fsp3) is 0.385. The number of nitrogens with zero attached hydrogens (tertiary/aromatic N) is 3. The van der Waals surface area contributed by atoms with Crippen LogP contribution >= 0.6 is 0 Å². The zero-order chi connectivity index (χ0) is 22.3. The first-order valence-corrected chi connectivity index (χ1v) is 11.3. The second-order valence-corrected chi connectivity index (χ2v) is 8.30. The topological polar surface area (TPSA) is 58.8 Å². The number of hydrogen-bond acceptors (Lipinski definition) is 5. The first kappa shape index (κ1) is 22.1. The lowest BCUT2D eigenvalue weighted by Crippen LogP contribution is -2.39. The maximum atomic E-state index is 13.4. The molecule has 0 saturated carbocycles. The molecule has 1 fully saturated rings. The van der Waals surface area contributed by atoms with E-state index in [9.17, 15) is 4.79 Å². The Kier molecular flexibility index (Phi) is 7.22. The monoisotopic (exact) mass is 433 g/mol. The minimum absolute atomic E-state index is 0.0273. The lowest BCUT2D eigenvalue weighted by Gasteiger charge is -2.34. The highest BCUT2D eigenvalue weighted by molar-refractivity contribution is 5.94. The van der Waals surface area contributed by atoms with Crippen molar-refractivity contribution in [3.8, 4) is 11.3 Å². The number of piperidine rings is 1. The number of benzene rings is 2. The van der Waals surface area contributed by atoms with Crippen LogP contribution in [0.15, 0.2) is 65.2 Å². The van der Waals surface area contributed by atoms with Crippen LogP contribution in [0.25, 0.3) is 11.3 Å². The lowest BCUT2D eigenvalue weighted by atomic mass is 10.0. The summed E-state index contributed by atoms with van der Waals surface area (Å²) in [6.07, 6.45) is 3.47. The third kappa shape index (κ3) is 4.86. The zero-order valence-corrected chi connectivity index (χ0v) is 18.9. The van der Waals surface area contributed by atoms with Gasteiger partial charge >= 0.3 is 0 Å². The van der Waals surface area contributed by atoms with Gasteiger partial charge in [0.1, 0.15) is 5.69 Å². The Morgan fingerprint density at radius 1 is 1.12 bits per heavy atom. The molecule has 0 bridgehead atoms. The van der Waals surface area contributed by atoms with Crippen molar-refractivity contribution < 1.29 is 14.1 Å². The number of anilines is 1. The molecule has 1 aliphatic heterocycles. The van der Waals surface area contributed by atoms with Crippen molar-refractivity contribution >= 4 is 11.8 Å². The Morgan fingerprint density at radius 3 is 2.53 bits per heavy atom. The Labute approximate surface area is 189 Å². The number of aromatic nitrogens is 1. The molecule has 2 heterocycles. The van der Waals surface area contributed by atoms with Gasteiger partial charge in [-0.25, -0.2) is 0 Å². The molecule has 6 nitrogen and oxygen atoms in total. The third-order valence-electron chi connectivity index (χ3n) is 6.10. The molecular weight excluding hydrogens is 402 g/mol. The largest absolute Gasteiger partial charge is 0.383 e. The predicted molar refractivity (Wildman–Crippen MR) is 126 cm³/mol. The van der Waals surface area contributed by atoms with E-state index in [2.05, 4.69) is 17.0 Å². The molecule has 0 radical (unpaired) electrons. The van der Waals surface area contributed by atoms with Crippen LogP contribution in [0, 0.1) is 0 Å². The molecule has 2 aromatic carbocycles. The standard InChI is InChI=1S/C26H31N3O3/c1-20-11-9-10-16-29(20)26-23(24(27-32-26)21-12-5-3-6-13-21)19-28(17-18-31-2)25(30)22-14-7-4-8-15-22/h3-8,12-15,20H,9-11,16-19H2,1-2H3/t20-/m0/s1. The number of carbonyl (C=O) groups excluding carboxylic acids is 1. The van der Waals surface area contributed by atoms with Gasteiger partial charge in [0.25, 0.3) is 5.91 Å². The van der Waals surface area contributed by atoms with E-state index in [1.54, 1.807) is 7.11 Å². The summed E-state index contributed by atoms with van der Waals surface area (Å²) in [5.74, 6) is 0.750. The van der Waals surface area contributed by atoms with Crippen molar-refractivity contribution in [2.45, 2.75) is 38.8 Å². The summed E-state index contributed by atoms with van der Waals surface area (Å²) >= 11 is 0. The maximum absolute atomic E-state index is 13.4. The van der Waals surface area contributed by atoms with Gasteiger partial charge in [0, 0.05) is 37.4 Å². The molecule has 1 atom stereocenters. The van der Waals surface area contributed by atoms with Gasteiger partial charge in [-0.05, 0) is 38.3 Å². The summed E-state index contributed by atoms with van der Waals surface area (Å²) in [5.41, 5.74) is 3.39. The highest BCUT2D eigenvalue weighted by atomic mass is 16.5. The Morgan fingerprint density at radius 2 is 1.84 bits per heavy atom. The Balaban J connectivity index is 1.73. The van der Waals surface area contributed by atoms with Gasteiger partial charge in [0.05, 0.1) is 18.7 Å². The summed E-state index contributed by atoms with van der Waals surface area (Å²) in [6.45, 7) is 4.51. The fourth-order valence-corrected chi connectivity index (χ4v) is 4.30. The van der Waals surface area contributed by atoms with Crippen molar-refractivity contribution in [1.29, 1.82) is 0 Å². The smallest absolute Gasteiger partial charge is 0.254 e. The second-order valence-electron chi connectivity index (χ2n) is 8.30. The molecule has 32 heavy (non-hydrogen) atoms. The molecule has 1 amide bonds. The van der Waals surface area contributed by atoms with E-state index in [0.717, 1.165) is 42.1 Å². The van der Waals surface area contributed by atoms with Crippen LogP contribution in [0.2, 0.25) is 0 Å². The molecule has 0 spiro atoms. The van der Waals surface area contributed by atoms with E-state index in [4.69, 9.17) is 9.26 Å². The first-order chi connectivity index (χ1) is 15.7. The van der Waals surface area contributed by atoms with E-state index < -0.39 is 0 Å². The van der Waals surface area contributed by atoms with Crippen LogP contribution in [0.3, 0.4) is 0 Å². The predicted octanol–water partition coefficient (Wildman–Crippen LogP) is 5.01. The van der Waals surface area contributed by atoms with Crippen molar-refractivity contribution in [2.75, 3.05) is 31.7 Å². The number of ether oxygens (including phenoxy) is 1. The average Bonchev–Trinajstić information content (AvgIpc) is 3.26. The van der Waals surface area contributed by atoms with E-state index in [-0.39, 0.29) is 5.91 Å². The van der Waals surface area contributed by atoms with Gasteiger partial charge in [0.15, 0.2) is 0 Å². The Bertz CT molecular complexity index is 1000. The normalized spacial score (nSPS) is 16.2. The van der Waals surface area contributed by atoms with Crippen LogP contribution in [0.1, 0.15) is 42.1 Å². The molecule has 1 saturated heterocycles. The Hall–Kier alpha value is -3.12.